The van der Waals surface area contributed by atoms with Crippen LogP contribution in [0.4, 0.5) is 10.6 Å². The van der Waals surface area contributed by atoms with Crippen molar-refractivity contribution >= 4 is 11.8 Å². The molecule has 0 aliphatic rings. The highest BCUT2D eigenvalue weighted by atomic mass is 16.2. The first-order valence-electron chi connectivity index (χ1n) is 7.14. The Balaban J connectivity index is 1.71. The van der Waals surface area contributed by atoms with Crippen LogP contribution in [0, 0.1) is 0 Å². The second-order valence-electron chi connectivity index (χ2n) is 5.10. The number of hydrogen-bond acceptors (Lipinski definition) is 3. The maximum Gasteiger partial charge on any atom is 0.320 e. The van der Waals surface area contributed by atoms with E-state index in [1.807, 2.05) is 32.2 Å². The van der Waals surface area contributed by atoms with Gasteiger partial charge in [0.1, 0.15) is 5.82 Å². The predicted octanol–water partition coefficient (Wildman–Crippen LogP) is 2.61. The third-order valence-electron chi connectivity index (χ3n) is 3.05. The molecule has 0 bridgehead atoms. The first-order valence-corrected chi connectivity index (χ1v) is 7.14. The fourth-order valence-corrected chi connectivity index (χ4v) is 2.03. The van der Waals surface area contributed by atoms with Gasteiger partial charge < -0.3 is 5.32 Å². The summed E-state index contributed by atoms with van der Waals surface area (Å²) in [5, 5.41) is 9.83. The highest BCUT2D eigenvalue weighted by Gasteiger charge is 2.08. The Morgan fingerprint density at radius 2 is 2.19 bits per heavy atom. The molecule has 0 unspecified atom stereocenters. The normalized spacial score (nSPS) is 10.6. The lowest BCUT2D eigenvalue weighted by Crippen LogP contribution is -2.30. The van der Waals surface area contributed by atoms with Gasteiger partial charge in [0.15, 0.2) is 0 Å². The summed E-state index contributed by atoms with van der Waals surface area (Å²) in [7, 11) is 0. The summed E-state index contributed by atoms with van der Waals surface area (Å²) in [6.45, 7) is 4.66. The third-order valence-corrected chi connectivity index (χ3v) is 3.05. The third kappa shape index (κ3) is 4.59. The topological polar surface area (TPSA) is 71.8 Å². The van der Waals surface area contributed by atoms with Crippen molar-refractivity contribution in [3.63, 3.8) is 0 Å². The van der Waals surface area contributed by atoms with Crippen molar-refractivity contribution in [2.24, 2.45) is 0 Å². The molecule has 6 heteroatoms. The number of rotatable bonds is 6. The van der Waals surface area contributed by atoms with Crippen molar-refractivity contribution < 1.29 is 4.79 Å². The average molecular weight is 287 g/mol. The van der Waals surface area contributed by atoms with Gasteiger partial charge in [0.05, 0.1) is 6.20 Å². The van der Waals surface area contributed by atoms with Gasteiger partial charge in [-0.2, -0.15) is 5.10 Å². The maximum absolute atomic E-state index is 11.8. The zero-order valence-corrected chi connectivity index (χ0v) is 12.4. The number of pyridine rings is 1. The number of hydrogen-bond donors (Lipinski definition) is 2. The summed E-state index contributed by atoms with van der Waals surface area (Å²) in [4.78, 5) is 15.9. The summed E-state index contributed by atoms with van der Waals surface area (Å²) in [5.41, 5.74) is 1.18. The van der Waals surface area contributed by atoms with Crippen LogP contribution in [-0.4, -0.2) is 27.3 Å². The first-order chi connectivity index (χ1) is 10.2. The van der Waals surface area contributed by atoms with E-state index < -0.39 is 0 Å². The van der Waals surface area contributed by atoms with Crippen molar-refractivity contribution in [2.45, 2.75) is 32.7 Å². The zero-order chi connectivity index (χ0) is 15.1. The fraction of sp³-hybridized carbons (Fsp3) is 0.400. The van der Waals surface area contributed by atoms with E-state index in [1.165, 1.54) is 5.56 Å². The average Bonchev–Trinajstić information content (AvgIpc) is 2.93. The van der Waals surface area contributed by atoms with Crippen LogP contribution in [0.25, 0.3) is 0 Å². The second-order valence-corrected chi connectivity index (χ2v) is 5.10. The summed E-state index contributed by atoms with van der Waals surface area (Å²) >= 11 is 0. The van der Waals surface area contributed by atoms with E-state index in [-0.39, 0.29) is 12.1 Å². The summed E-state index contributed by atoms with van der Waals surface area (Å²) in [5.74, 6) is 0.703. The Morgan fingerprint density at radius 1 is 1.33 bits per heavy atom. The fourth-order valence-electron chi connectivity index (χ4n) is 2.03. The lowest BCUT2D eigenvalue weighted by Gasteiger charge is -2.12. The van der Waals surface area contributed by atoms with Gasteiger partial charge in [-0.3, -0.25) is 10.3 Å². The largest absolute Gasteiger partial charge is 0.338 e. The molecule has 0 radical (unpaired) electrons. The number of carbonyl (C=O) groups is 1. The van der Waals surface area contributed by atoms with Crippen molar-refractivity contribution in [3.05, 3.63) is 42.4 Å². The molecule has 2 N–H and O–H groups in total. The number of aryl methyl sites for hydroxylation is 1. The van der Waals surface area contributed by atoms with Crippen LogP contribution >= 0.6 is 0 Å². The van der Waals surface area contributed by atoms with Gasteiger partial charge in [0, 0.05) is 31.0 Å². The number of anilines is 1. The van der Waals surface area contributed by atoms with E-state index in [2.05, 4.69) is 20.7 Å². The minimum atomic E-state index is -0.205. The Morgan fingerprint density at radius 3 is 2.90 bits per heavy atom. The molecule has 2 amide bonds. The van der Waals surface area contributed by atoms with Crippen molar-refractivity contribution in [3.8, 4) is 0 Å². The molecule has 0 aliphatic heterocycles. The molecule has 2 heterocycles. The Bertz CT molecular complexity index is 564. The van der Waals surface area contributed by atoms with Gasteiger partial charge in [-0.1, -0.05) is 6.07 Å². The van der Waals surface area contributed by atoms with Gasteiger partial charge in [-0.05, 0) is 38.3 Å². The van der Waals surface area contributed by atoms with Gasteiger partial charge in [0.25, 0.3) is 0 Å². The SMILES string of the molecule is CC(C)n1nccc1NC(=O)NCCCc1cccnc1. The molecule has 112 valence electrons. The molecular formula is C15H21N5O. The molecule has 2 aromatic rings. The van der Waals surface area contributed by atoms with Crippen molar-refractivity contribution in [2.75, 3.05) is 11.9 Å². The zero-order valence-electron chi connectivity index (χ0n) is 12.4. The number of amides is 2. The van der Waals surface area contributed by atoms with E-state index in [1.54, 1.807) is 23.1 Å². The molecule has 0 fully saturated rings. The highest BCUT2D eigenvalue weighted by Crippen LogP contribution is 2.12. The molecular weight excluding hydrogens is 266 g/mol. The Labute approximate surface area is 124 Å². The molecule has 0 aromatic carbocycles. The number of aromatic nitrogens is 3. The van der Waals surface area contributed by atoms with Crippen molar-refractivity contribution in [1.82, 2.24) is 20.1 Å². The van der Waals surface area contributed by atoms with Gasteiger partial charge in [0.2, 0.25) is 0 Å². The second kappa shape index (κ2) is 7.42. The van der Waals surface area contributed by atoms with Crippen LogP contribution < -0.4 is 10.6 Å². The molecule has 0 atom stereocenters. The number of carbonyl (C=O) groups excluding carboxylic acids is 1. The number of nitrogens with one attached hydrogen (secondary N) is 2. The lowest BCUT2D eigenvalue weighted by atomic mass is 10.1. The summed E-state index contributed by atoms with van der Waals surface area (Å²) in [6.07, 6.45) is 7.06. The quantitative estimate of drug-likeness (QED) is 0.802. The van der Waals surface area contributed by atoms with Crippen molar-refractivity contribution in [1.29, 1.82) is 0 Å². The van der Waals surface area contributed by atoms with Gasteiger partial charge >= 0.3 is 6.03 Å². The van der Waals surface area contributed by atoms with Crippen LogP contribution in [-0.2, 0) is 6.42 Å². The number of urea groups is 1. The van der Waals surface area contributed by atoms with Gasteiger partial charge in [-0.15, -0.1) is 0 Å². The number of nitrogens with zero attached hydrogens (tertiary/aromatic N) is 3. The molecule has 2 rings (SSSR count). The van der Waals surface area contributed by atoms with Crippen LogP contribution in [0.15, 0.2) is 36.8 Å². The van der Waals surface area contributed by atoms with E-state index in [0.29, 0.717) is 12.4 Å². The van der Waals surface area contributed by atoms with Crippen LogP contribution in [0.5, 0.6) is 0 Å². The van der Waals surface area contributed by atoms with Gasteiger partial charge in [-0.25, -0.2) is 9.48 Å². The molecule has 0 spiro atoms. The Hall–Kier alpha value is -2.37. The summed E-state index contributed by atoms with van der Waals surface area (Å²) < 4.78 is 1.77. The standard InChI is InChI=1S/C15H21N5O/c1-12(2)20-14(7-10-18-20)19-15(21)17-9-4-6-13-5-3-8-16-11-13/h3,5,7-8,10-12H,4,6,9H2,1-2H3,(H2,17,19,21). The molecule has 0 saturated heterocycles. The molecule has 21 heavy (non-hydrogen) atoms. The lowest BCUT2D eigenvalue weighted by molar-refractivity contribution is 0.251. The van der Waals surface area contributed by atoms with Crippen LogP contribution in [0.2, 0.25) is 0 Å². The monoisotopic (exact) mass is 287 g/mol. The van der Waals surface area contributed by atoms with E-state index in [9.17, 15) is 4.79 Å². The maximum atomic E-state index is 11.8. The minimum absolute atomic E-state index is 0.205. The smallest absolute Gasteiger partial charge is 0.320 e. The van der Waals surface area contributed by atoms with E-state index in [4.69, 9.17) is 0 Å². The molecule has 2 aromatic heterocycles. The minimum Gasteiger partial charge on any atom is -0.338 e. The molecule has 0 saturated carbocycles. The van der Waals surface area contributed by atoms with E-state index >= 15 is 0 Å². The Kier molecular flexibility index (Phi) is 5.31. The highest BCUT2D eigenvalue weighted by molar-refractivity contribution is 5.88. The predicted molar refractivity (Wildman–Crippen MR) is 82.2 cm³/mol. The molecule has 6 nitrogen and oxygen atoms in total. The van der Waals surface area contributed by atoms with Crippen LogP contribution in [0.1, 0.15) is 31.9 Å². The molecule has 0 aliphatic carbocycles. The van der Waals surface area contributed by atoms with E-state index in [0.717, 1.165) is 12.8 Å². The summed E-state index contributed by atoms with van der Waals surface area (Å²) in [6, 6.07) is 5.75. The first kappa shape index (κ1) is 15.0. The van der Waals surface area contributed by atoms with Crippen LogP contribution in [0.3, 0.4) is 0 Å².